The van der Waals surface area contributed by atoms with Crippen molar-refractivity contribution in [3.63, 3.8) is 0 Å². The minimum atomic E-state index is 0.660. The summed E-state index contributed by atoms with van der Waals surface area (Å²) in [6.45, 7) is 0. The molecule has 0 bridgehead atoms. The highest BCUT2D eigenvalue weighted by molar-refractivity contribution is 7.27. The van der Waals surface area contributed by atoms with E-state index < -0.39 is 0 Å². The summed E-state index contributed by atoms with van der Waals surface area (Å²) in [6, 6.07) is 53.2. The fourth-order valence-electron chi connectivity index (χ4n) is 6.31. The Balaban J connectivity index is 1.18. The van der Waals surface area contributed by atoms with Crippen LogP contribution in [0.25, 0.3) is 87.0 Å². The van der Waals surface area contributed by atoms with Gasteiger partial charge in [0.15, 0.2) is 17.5 Å². The maximum Gasteiger partial charge on any atom is 0.164 e. The van der Waals surface area contributed by atoms with Crippen molar-refractivity contribution in [3.8, 4) is 45.3 Å². The molecule has 0 unspecified atom stereocenters. The monoisotopic (exact) mass is 591 g/mol. The molecule has 0 aliphatic heterocycles. The van der Waals surface area contributed by atoms with Crippen molar-refractivity contribution in [3.05, 3.63) is 152 Å². The van der Waals surface area contributed by atoms with Gasteiger partial charge < -0.3 is 0 Å². The number of thiophene rings is 1. The second-order valence-corrected chi connectivity index (χ2v) is 12.2. The van der Waals surface area contributed by atoms with Gasteiger partial charge in [0, 0.05) is 42.2 Å². The van der Waals surface area contributed by atoms with E-state index in [4.69, 9.17) is 15.0 Å². The molecule has 0 aliphatic carbocycles. The molecular formula is C41H25N3S. The quantitative estimate of drug-likeness (QED) is 0.191. The predicted octanol–water partition coefficient (Wildman–Crippen LogP) is 11.2. The van der Waals surface area contributed by atoms with E-state index in [2.05, 4.69) is 91.0 Å². The summed E-state index contributed by atoms with van der Waals surface area (Å²) in [4.78, 5) is 14.7. The fourth-order valence-corrected chi connectivity index (χ4v) is 7.71. The van der Waals surface area contributed by atoms with Crippen LogP contribution in [-0.4, -0.2) is 15.0 Å². The van der Waals surface area contributed by atoms with Crippen LogP contribution in [0.5, 0.6) is 0 Å². The largest absolute Gasteiger partial charge is 0.208 e. The van der Waals surface area contributed by atoms with Crippen LogP contribution in [0.4, 0.5) is 0 Å². The molecule has 0 radical (unpaired) electrons. The van der Waals surface area contributed by atoms with Gasteiger partial charge in [-0.3, -0.25) is 0 Å². The highest BCUT2D eigenvalue weighted by Gasteiger charge is 2.16. The van der Waals surface area contributed by atoms with Crippen LogP contribution in [0.15, 0.2) is 152 Å². The third-order valence-electron chi connectivity index (χ3n) is 8.53. The molecule has 0 aliphatic rings. The summed E-state index contributed by atoms with van der Waals surface area (Å²) >= 11 is 1.89. The molecule has 0 saturated heterocycles. The summed E-state index contributed by atoms with van der Waals surface area (Å²) in [5.41, 5.74) is 5.29. The Kier molecular flexibility index (Phi) is 6.00. The molecule has 9 aromatic rings. The molecule has 2 heterocycles. The number of rotatable bonds is 4. The third-order valence-corrected chi connectivity index (χ3v) is 9.80. The zero-order chi connectivity index (χ0) is 29.7. The minimum absolute atomic E-state index is 0.660. The number of benzene rings is 7. The van der Waals surface area contributed by atoms with Crippen LogP contribution in [0.3, 0.4) is 0 Å². The van der Waals surface area contributed by atoms with Crippen LogP contribution in [-0.2, 0) is 0 Å². The molecule has 210 valence electrons. The molecular weight excluding hydrogens is 567 g/mol. The molecule has 0 amide bonds. The van der Waals surface area contributed by atoms with Crippen LogP contribution in [0.2, 0.25) is 0 Å². The number of fused-ring (bicyclic) bond motifs is 7. The SMILES string of the molecule is c1ccc(-c2nc(-c3ccccc3)nc(-c3ccc(-c4cccc5c4sc4c5ccc5ccc6ccccc6c54)cc3)n2)cc1. The molecule has 0 saturated carbocycles. The average molecular weight is 592 g/mol. The maximum atomic E-state index is 4.91. The van der Waals surface area contributed by atoms with Crippen molar-refractivity contribution in [2.24, 2.45) is 0 Å². The highest BCUT2D eigenvalue weighted by Crippen LogP contribution is 2.44. The Morgan fingerprint density at radius 2 is 0.844 bits per heavy atom. The molecule has 7 aromatic carbocycles. The summed E-state index contributed by atoms with van der Waals surface area (Å²) in [5, 5.41) is 7.80. The molecule has 0 spiro atoms. The van der Waals surface area contributed by atoms with Gasteiger partial charge in [-0.15, -0.1) is 11.3 Å². The van der Waals surface area contributed by atoms with Crippen molar-refractivity contribution in [2.75, 3.05) is 0 Å². The summed E-state index contributed by atoms with van der Waals surface area (Å²) in [7, 11) is 0. The lowest BCUT2D eigenvalue weighted by molar-refractivity contribution is 1.07. The summed E-state index contributed by atoms with van der Waals surface area (Å²) < 4.78 is 2.65. The first-order valence-corrected chi connectivity index (χ1v) is 15.9. The van der Waals surface area contributed by atoms with Crippen molar-refractivity contribution in [1.82, 2.24) is 15.0 Å². The average Bonchev–Trinajstić information content (AvgIpc) is 3.51. The molecule has 2 aromatic heterocycles. The Morgan fingerprint density at radius 3 is 1.53 bits per heavy atom. The molecule has 45 heavy (non-hydrogen) atoms. The topological polar surface area (TPSA) is 38.7 Å². The number of aromatic nitrogens is 3. The van der Waals surface area contributed by atoms with Gasteiger partial charge in [0.2, 0.25) is 0 Å². The minimum Gasteiger partial charge on any atom is -0.208 e. The van der Waals surface area contributed by atoms with Gasteiger partial charge in [-0.1, -0.05) is 152 Å². The van der Waals surface area contributed by atoms with E-state index in [1.54, 1.807) is 0 Å². The number of hydrogen-bond donors (Lipinski definition) is 0. The predicted molar refractivity (Wildman–Crippen MR) is 189 cm³/mol. The molecule has 9 rings (SSSR count). The molecule has 4 heteroatoms. The van der Waals surface area contributed by atoms with E-state index >= 15 is 0 Å². The van der Waals surface area contributed by atoms with E-state index in [0.29, 0.717) is 17.5 Å². The zero-order valence-electron chi connectivity index (χ0n) is 24.2. The smallest absolute Gasteiger partial charge is 0.164 e. The Bertz CT molecular complexity index is 2460. The Labute approximate surface area is 264 Å². The molecule has 0 fully saturated rings. The van der Waals surface area contributed by atoms with Crippen molar-refractivity contribution in [1.29, 1.82) is 0 Å². The van der Waals surface area contributed by atoms with E-state index in [9.17, 15) is 0 Å². The second kappa shape index (κ2) is 10.5. The standard InChI is InChI=1S/C41H25N3S/c1-3-11-29(12-4-1)39-42-40(30-13-5-2-6-14-30)44-41(43-39)31-22-19-27(20-23-31)33-16-9-17-34-35-25-24-28-21-18-26-10-7-8-15-32(26)36(28)38(35)45-37(33)34/h1-25H. The fraction of sp³-hybridized carbons (Fsp3) is 0. The Morgan fingerprint density at radius 1 is 0.333 bits per heavy atom. The van der Waals surface area contributed by atoms with Gasteiger partial charge in [0.25, 0.3) is 0 Å². The molecule has 0 atom stereocenters. The summed E-state index contributed by atoms with van der Waals surface area (Å²) in [6.07, 6.45) is 0. The first-order chi connectivity index (χ1) is 22.3. The lowest BCUT2D eigenvalue weighted by Gasteiger charge is -2.09. The first-order valence-electron chi connectivity index (χ1n) is 15.0. The van der Waals surface area contributed by atoms with E-state index in [1.165, 1.54) is 52.8 Å². The van der Waals surface area contributed by atoms with Gasteiger partial charge in [-0.25, -0.2) is 15.0 Å². The highest BCUT2D eigenvalue weighted by atomic mass is 32.1. The van der Waals surface area contributed by atoms with Gasteiger partial charge in [0.1, 0.15) is 0 Å². The van der Waals surface area contributed by atoms with Gasteiger partial charge in [0.05, 0.1) is 0 Å². The third kappa shape index (κ3) is 4.38. The van der Waals surface area contributed by atoms with E-state index in [0.717, 1.165) is 16.7 Å². The van der Waals surface area contributed by atoms with Gasteiger partial charge in [-0.2, -0.15) is 0 Å². The first kappa shape index (κ1) is 25.8. The molecule has 0 N–H and O–H groups in total. The van der Waals surface area contributed by atoms with Crippen molar-refractivity contribution in [2.45, 2.75) is 0 Å². The van der Waals surface area contributed by atoms with E-state index in [1.807, 2.05) is 72.0 Å². The lowest BCUT2D eigenvalue weighted by Crippen LogP contribution is -2.00. The van der Waals surface area contributed by atoms with E-state index in [-0.39, 0.29) is 0 Å². The second-order valence-electron chi connectivity index (χ2n) is 11.2. The van der Waals surface area contributed by atoms with Crippen LogP contribution in [0, 0.1) is 0 Å². The zero-order valence-corrected chi connectivity index (χ0v) is 25.0. The van der Waals surface area contributed by atoms with Crippen LogP contribution in [0.1, 0.15) is 0 Å². The Hall–Kier alpha value is -5.71. The number of hydrogen-bond acceptors (Lipinski definition) is 4. The van der Waals surface area contributed by atoms with Crippen molar-refractivity contribution >= 4 is 53.1 Å². The van der Waals surface area contributed by atoms with Crippen LogP contribution >= 0.6 is 11.3 Å². The van der Waals surface area contributed by atoms with Gasteiger partial charge in [-0.05, 0) is 27.3 Å². The van der Waals surface area contributed by atoms with Crippen molar-refractivity contribution < 1.29 is 0 Å². The van der Waals surface area contributed by atoms with Crippen LogP contribution < -0.4 is 0 Å². The number of nitrogens with zero attached hydrogens (tertiary/aromatic N) is 3. The van der Waals surface area contributed by atoms with Gasteiger partial charge >= 0.3 is 0 Å². The maximum absolute atomic E-state index is 4.91. The lowest BCUT2D eigenvalue weighted by atomic mass is 9.98. The normalized spacial score (nSPS) is 11.6. The molecule has 3 nitrogen and oxygen atoms in total. The summed E-state index contributed by atoms with van der Waals surface area (Å²) in [5.74, 6) is 1.99.